The fourth-order valence-corrected chi connectivity index (χ4v) is 3.12. The predicted molar refractivity (Wildman–Crippen MR) is 89.3 cm³/mol. The van der Waals surface area contributed by atoms with Crippen LogP contribution in [0.25, 0.3) is 0 Å². The number of hydrogen-bond donors (Lipinski definition) is 0. The maximum Gasteiger partial charge on any atom is 0.312 e. The molecule has 5 nitrogen and oxygen atoms in total. The smallest absolute Gasteiger partial charge is 0.312 e. The molecule has 3 rings (SSSR count). The summed E-state index contributed by atoms with van der Waals surface area (Å²) in [6.45, 7) is 2.01. The Morgan fingerprint density at radius 1 is 1.29 bits per heavy atom. The molecule has 2 aliphatic rings. The van der Waals surface area contributed by atoms with E-state index < -0.39 is 0 Å². The first kappa shape index (κ1) is 17.5. The molecule has 0 unspecified atom stereocenters. The Labute approximate surface area is 147 Å². The predicted octanol–water partition coefficient (Wildman–Crippen LogP) is 3.37. The van der Waals surface area contributed by atoms with E-state index in [0.29, 0.717) is 37.7 Å². The van der Waals surface area contributed by atoms with Crippen molar-refractivity contribution in [2.45, 2.75) is 38.4 Å². The molecule has 0 amide bonds. The number of ether oxygens (including phenoxy) is 4. The van der Waals surface area contributed by atoms with Gasteiger partial charge in [0.2, 0.25) is 0 Å². The highest BCUT2D eigenvalue weighted by Crippen LogP contribution is 2.30. The SMILES string of the molecule is O=C(OCCCO[C@@H]1CCCCO1)[C@@H]1COc2ccc(Cl)cc2C1. The zero-order valence-electron chi connectivity index (χ0n) is 13.7. The number of hydrogen-bond acceptors (Lipinski definition) is 5. The molecule has 0 spiro atoms. The third-order valence-corrected chi connectivity index (χ3v) is 4.47. The van der Waals surface area contributed by atoms with Gasteiger partial charge in [0.25, 0.3) is 0 Å². The first-order valence-electron chi connectivity index (χ1n) is 8.53. The monoisotopic (exact) mass is 354 g/mol. The zero-order valence-corrected chi connectivity index (χ0v) is 14.4. The Hall–Kier alpha value is -1.30. The molecule has 1 saturated heterocycles. The van der Waals surface area contributed by atoms with E-state index in [0.717, 1.165) is 37.2 Å². The second-order valence-corrected chi connectivity index (χ2v) is 6.59. The molecule has 24 heavy (non-hydrogen) atoms. The molecule has 6 heteroatoms. The van der Waals surface area contributed by atoms with E-state index in [2.05, 4.69) is 0 Å². The van der Waals surface area contributed by atoms with Crippen molar-refractivity contribution in [1.29, 1.82) is 0 Å². The van der Waals surface area contributed by atoms with E-state index in [-0.39, 0.29) is 18.2 Å². The minimum atomic E-state index is -0.279. The standard InChI is InChI=1S/C18H23ClO5/c19-15-5-6-16-13(11-15)10-14(12-24-16)18(20)23-9-3-8-22-17-4-1-2-7-21-17/h5-6,11,14,17H,1-4,7-10,12H2/t14-,17+/m0/s1. The largest absolute Gasteiger partial charge is 0.492 e. The summed E-state index contributed by atoms with van der Waals surface area (Å²) in [4.78, 5) is 12.2. The summed E-state index contributed by atoms with van der Waals surface area (Å²) in [5, 5.41) is 0.647. The van der Waals surface area contributed by atoms with Crippen molar-refractivity contribution in [3.05, 3.63) is 28.8 Å². The molecular formula is C18H23ClO5. The van der Waals surface area contributed by atoms with Crippen molar-refractivity contribution in [2.75, 3.05) is 26.4 Å². The quantitative estimate of drug-likeness (QED) is 0.579. The Morgan fingerprint density at radius 2 is 2.21 bits per heavy atom. The number of carbonyl (C=O) groups is 1. The third kappa shape index (κ3) is 4.85. The molecular weight excluding hydrogens is 332 g/mol. The fourth-order valence-electron chi connectivity index (χ4n) is 2.92. The Kier molecular flexibility index (Phi) is 6.35. The maximum atomic E-state index is 12.2. The third-order valence-electron chi connectivity index (χ3n) is 4.24. The molecule has 0 N–H and O–H groups in total. The highest BCUT2D eigenvalue weighted by Gasteiger charge is 2.27. The van der Waals surface area contributed by atoms with Crippen LogP contribution in [0.3, 0.4) is 0 Å². The van der Waals surface area contributed by atoms with Crippen LogP contribution < -0.4 is 4.74 Å². The molecule has 0 aromatic heterocycles. The lowest BCUT2D eigenvalue weighted by atomic mass is 9.97. The van der Waals surface area contributed by atoms with Gasteiger partial charge in [0.15, 0.2) is 6.29 Å². The fraction of sp³-hybridized carbons (Fsp3) is 0.611. The van der Waals surface area contributed by atoms with Gasteiger partial charge in [0.05, 0.1) is 19.1 Å². The van der Waals surface area contributed by atoms with Crippen molar-refractivity contribution >= 4 is 17.6 Å². The molecule has 1 aromatic rings. The van der Waals surface area contributed by atoms with Gasteiger partial charge in [-0.25, -0.2) is 0 Å². The summed E-state index contributed by atoms with van der Waals surface area (Å²) in [5.41, 5.74) is 0.952. The number of benzene rings is 1. The maximum absolute atomic E-state index is 12.2. The molecule has 1 aromatic carbocycles. The normalized spacial score (nSPS) is 23.2. The molecule has 1 fully saturated rings. The highest BCUT2D eigenvalue weighted by molar-refractivity contribution is 6.30. The van der Waals surface area contributed by atoms with Crippen LogP contribution in [-0.4, -0.2) is 38.7 Å². The number of esters is 1. The van der Waals surface area contributed by atoms with Gasteiger partial charge < -0.3 is 18.9 Å². The van der Waals surface area contributed by atoms with Gasteiger partial charge in [-0.2, -0.15) is 0 Å². The number of halogens is 1. The van der Waals surface area contributed by atoms with Gasteiger partial charge in [-0.1, -0.05) is 11.6 Å². The van der Waals surface area contributed by atoms with Gasteiger partial charge in [-0.15, -0.1) is 0 Å². The van der Waals surface area contributed by atoms with E-state index >= 15 is 0 Å². The summed E-state index contributed by atoms with van der Waals surface area (Å²) >= 11 is 5.99. The molecule has 2 aliphatic heterocycles. The Bertz CT molecular complexity index is 556. The van der Waals surface area contributed by atoms with Crippen LogP contribution in [-0.2, 0) is 25.4 Å². The summed E-state index contributed by atoms with van der Waals surface area (Å²) in [6.07, 6.45) is 4.37. The van der Waals surface area contributed by atoms with Crippen LogP contribution >= 0.6 is 11.6 Å². The minimum absolute atomic E-state index is 0.0950. The summed E-state index contributed by atoms with van der Waals surface area (Å²) < 4.78 is 22.1. The van der Waals surface area contributed by atoms with Crippen molar-refractivity contribution in [3.63, 3.8) is 0 Å². The Balaban J connectivity index is 1.35. The minimum Gasteiger partial charge on any atom is -0.492 e. The lowest BCUT2D eigenvalue weighted by Gasteiger charge is -2.24. The van der Waals surface area contributed by atoms with Crippen LogP contribution in [0.5, 0.6) is 5.75 Å². The second-order valence-electron chi connectivity index (χ2n) is 6.15. The highest BCUT2D eigenvalue weighted by atomic mass is 35.5. The van der Waals surface area contributed by atoms with Crippen molar-refractivity contribution in [2.24, 2.45) is 5.92 Å². The second kappa shape index (κ2) is 8.70. The summed E-state index contributed by atoms with van der Waals surface area (Å²) in [7, 11) is 0. The van der Waals surface area contributed by atoms with E-state index in [1.807, 2.05) is 12.1 Å². The molecule has 2 atom stereocenters. The number of fused-ring (bicyclic) bond motifs is 1. The van der Waals surface area contributed by atoms with Gasteiger partial charge in [-0.05, 0) is 49.4 Å². The van der Waals surface area contributed by atoms with Crippen LogP contribution in [0, 0.1) is 5.92 Å². The van der Waals surface area contributed by atoms with Crippen molar-refractivity contribution < 1.29 is 23.7 Å². The van der Waals surface area contributed by atoms with E-state index in [4.69, 9.17) is 30.5 Å². The van der Waals surface area contributed by atoms with Crippen LogP contribution in [0.15, 0.2) is 18.2 Å². The van der Waals surface area contributed by atoms with E-state index in [1.54, 1.807) is 6.07 Å². The molecule has 0 saturated carbocycles. The van der Waals surface area contributed by atoms with Crippen molar-refractivity contribution in [3.8, 4) is 5.75 Å². The topological polar surface area (TPSA) is 54.0 Å². The average molecular weight is 355 g/mol. The summed E-state index contributed by atoms with van der Waals surface area (Å²) in [6, 6.07) is 5.47. The lowest BCUT2D eigenvalue weighted by molar-refractivity contribution is -0.166. The molecule has 0 radical (unpaired) electrons. The van der Waals surface area contributed by atoms with Gasteiger partial charge >= 0.3 is 5.97 Å². The number of carbonyl (C=O) groups excluding carboxylic acids is 1. The van der Waals surface area contributed by atoms with E-state index in [1.165, 1.54) is 0 Å². The summed E-state index contributed by atoms with van der Waals surface area (Å²) in [5.74, 6) is 0.289. The number of rotatable bonds is 6. The average Bonchev–Trinajstić information content (AvgIpc) is 2.61. The first-order chi connectivity index (χ1) is 11.7. The Morgan fingerprint density at radius 3 is 3.04 bits per heavy atom. The molecule has 132 valence electrons. The van der Waals surface area contributed by atoms with Gasteiger partial charge in [0, 0.05) is 18.1 Å². The van der Waals surface area contributed by atoms with Crippen LogP contribution in [0.4, 0.5) is 0 Å². The van der Waals surface area contributed by atoms with Crippen LogP contribution in [0.2, 0.25) is 5.02 Å². The van der Waals surface area contributed by atoms with E-state index in [9.17, 15) is 4.79 Å². The zero-order chi connectivity index (χ0) is 16.8. The van der Waals surface area contributed by atoms with Crippen molar-refractivity contribution in [1.82, 2.24) is 0 Å². The molecule has 0 bridgehead atoms. The van der Waals surface area contributed by atoms with Gasteiger partial charge in [0.1, 0.15) is 12.4 Å². The first-order valence-corrected chi connectivity index (χ1v) is 8.91. The van der Waals surface area contributed by atoms with Gasteiger partial charge in [-0.3, -0.25) is 4.79 Å². The van der Waals surface area contributed by atoms with Crippen LogP contribution in [0.1, 0.15) is 31.2 Å². The molecule has 2 heterocycles. The molecule has 0 aliphatic carbocycles. The lowest BCUT2D eigenvalue weighted by Crippen LogP contribution is -2.30.